The molecule has 2 N–H and O–H groups in total. The highest BCUT2D eigenvalue weighted by Gasteiger charge is 2.46. The summed E-state index contributed by atoms with van der Waals surface area (Å²) in [7, 11) is -2.04. The van der Waals surface area contributed by atoms with Gasteiger partial charge in [0.1, 0.15) is 16.3 Å². The van der Waals surface area contributed by atoms with Crippen molar-refractivity contribution in [2.24, 2.45) is 5.41 Å². The summed E-state index contributed by atoms with van der Waals surface area (Å²) >= 11 is 0. The molecular weight excluding hydrogens is 618 g/mol. The van der Waals surface area contributed by atoms with Gasteiger partial charge in [0, 0.05) is 43.6 Å². The second-order valence-corrected chi connectivity index (χ2v) is 15.8. The van der Waals surface area contributed by atoms with E-state index in [0.29, 0.717) is 38.5 Å². The maximum Gasteiger partial charge on any atom is 0.312 e. The minimum atomic E-state index is -3.46. The largest absolute Gasteiger partial charge is 0.469 e. The molecule has 1 spiro atoms. The van der Waals surface area contributed by atoms with Crippen LogP contribution in [-0.2, 0) is 20.8 Å². The normalized spacial score (nSPS) is 20.7. The molecule has 47 heavy (non-hydrogen) atoms. The van der Waals surface area contributed by atoms with Crippen molar-refractivity contribution in [1.29, 1.82) is 0 Å². The smallest absolute Gasteiger partial charge is 0.312 e. The Bertz CT molecular complexity index is 1830. The number of hydrogen-bond acceptors (Lipinski definition) is 10. The number of carbonyl (C=O) groups is 1. The van der Waals surface area contributed by atoms with E-state index in [1.807, 2.05) is 40.0 Å². The van der Waals surface area contributed by atoms with Crippen molar-refractivity contribution >= 4 is 22.4 Å². The maximum absolute atomic E-state index is 13.4. The van der Waals surface area contributed by atoms with E-state index in [1.54, 1.807) is 22.6 Å². The molecule has 2 fully saturated rings. The molecule has 2 aliphatic heterocycles. The van der Waals surface area contributed by atoms with Gasteiger partial charge >= 0.3 is 5.97 Å². The lowest BCUT2D eigenvalue weighted by Gasteiger charge is -2.44. The molecule has 1 atom stereocenters. The third kappa shape index (κ3) is 5.59. The Kier molecular flexibility index (Phi) is 8.07. The van der Waals surface area contributed by atoms with Crippen LogP contribution < -0.4 is 4.74 Å². The fourth-order valence-electron chi connectivity index (χ4n) is 7.24. The van der Waals surface area contributed by atoms with E-state index in [2.05, 4.69) is 37.8 Å². The van der Waals surface area contributed by atoms with Crippen LogP contribution in [0.1, 0.15) is 85.0 Å². The molecule has 250 valence electrons. The molecule has 1 aliphatic carbocycles. The molecule has 0 amide bonds. The monoisotopic (exact) mass is 661 g/mol. The van der Waals surface area contributed by atoms with Gasteiger partial charge in [0.15, 0.2) is 5.65 Å². The fourth-order valence-corrected chi connectivity index (χ4v) is 8.85. The minimum Gasteiger partial charge on any atom is -0.469 e. The van der Waals surface area contributed by atoms with Crippen LogP contribution in [0.4, 0.5) is 0 Å². The van der Waals surface area contributed by atoms with Crippen molar-refractivity contribution in [2.75, 3.05) is 26.9 Å². The quantitative estimate of drug-likeness (QED) is 0.214. The standard InChI is InChI=1S/C35H43N5O6S/c1-22-8-9-25(29(34(3,4)33(41)44-5)27-12-16-40-30(23(27)2)37-38-31(40)24-10-11-24)19-26(22)20-39-21-35(13-17-45-18-14-35)46-32-28(47(39,42)43)7-6-15-36-32/h6-9,12,15-16,19,24,29,42-43H,10-11,13-14,17-18,20-21H2,1-5H3. The van der Waals surface area contributed by atoms with Gasteiger partial charge in [-0.15, -0.1) is 21.0 Å². The average molecular weight is 662 g/mol. The van der Waals surface area contributed by atoms with Gasteiger partial charge in [-0.3, -0.25) is 18.3 Å². The average Bonchev–Trinajstić information content (AvgIpc) is 3.82. The topological polar surface area (TPSA) is 132 Å². The van der Waals surface area contributed by atoms with Gasteiger partial charge in [-0.2, -0.15) is 4.31 Å². The molecule has 0 radical (unpaired) electrons. The first-order valence-corrected chi connectivity index (χ1v) is 17.7. The van der Waals surface area contributed by atoms with E-state index in [4.69, 9.17) is 14.2 Å². The number of benzene rings is 1. The summed E-state index contributed by atoms with van der Waals surface area (Å²) in [5.74, 6) is 0.965. The molecule has 0 bridgehead atoms. The number of methoxy groups -OCH3 is 1. The summed E-state index contributed by atoms with van der Waals surface area (Å²) in [6, 6.07) is 11.6. The number of aromatic nitrogens is 4. The van der Waals surface area contributed by atoms with Crippen LogP contribution in [0.3, 0.4) is 0 Å². The molecule has 7 rings (SSSR count). The summed E-state index contributed by atoms with van der Waals surface area (Å²) in [6.07, 6.45) is 7.09. The molecule has 4 aromatic rings. The van der Waals surface area contributed by atoms with Crippen LogP contribution in [0.15, 0.2) is 53.7 Å². The van der Waals surface area contributed by atoms with E-state index < -0.39 is 21.8 Å². The lowest BCUT2D eigenvalue weighted by Crippen LogP contribution is -2.49. The maximum atomic E-state index is 13.4. The van der Waals surface area contributed by atoms with Gasteiger partial charge in [-0.1, -0.05) is 18.2 Å². The Morgan fingerprint density at radius 2 is 1.91 bits per heavy atom. The Balaban J connectivity index is 1.32. The van der Waals surface area contributed by atoms with Crippen LogP contribution in [-0.4, -0.2) is 71.4 Å². The van der Waals surface area contributed by atoms with E-state index in [9.17, 15) is 13.9 Å². The summed E-state index contributed by atoms with van der Waals surface area (Å²) in [5, 5.41) is 9.09. The molecule has 1 saturated heterocycles. The number of carbonyl (C=O) groups excluding carboxylic acids is 1. The van der Waals surface area contributed by atoms with Crippen LogP contribution in [0.5, 0.6) is 5.88 Å². The Morgan fingerprint density at radius 3 is 2.64 bits per heavy atom. The number of esters is 1. The van der Waals surface area contributed by atoms with Crippen LogP contribution in [0.25, 0.3) is 5.65 Å². The van der Waals surface area contributed by atoms with Gasteiger partial charge < -0.3 is 14.2 Å². The van der Waals surface area contributed by atoms with E-state index in [1.165, 1.54) is 7.11 Å². The molecule has 12 heteroatoms. The SMILES string of the molecule is COC(=O)C(C)(C)C(c1ccc(C)c(CN2CC3(CCOCC3)Oc3ncccc3S2(O)O)c1)c1ccn2c(C3CC3)nnc2c1C. The van der Waals surface area contributed by atoms with Crippen LogP contribution in [0.2, 0.25) is 0 Å². The number of rotatable bonds is 7. The minimum absolute atomic E-state index is 0.251. The highest BCUT2D eigenvalue weighted by atomic mass is 32.3. The van der Waals surface area contributed by atoms with Gasteiger partial charge in [-0.25, -0.2) is 4.98 Å². The summed E-state index contributed by atoms with van der Waals surface area (Å²) < 4.78 is 45.0. The number of hydrogen-bond donors (Lipinski definition) is 2. The molecule has 3 aliphatic rings. The van der Waals surface area contributed by atoms with Gasteiger partial charge in [0.2, 0.25) is 5.88 Å². The number of nitrogens with zero attached hydrogens (tertiary/aromatic N) is 5. The third-order valence-corrected chi connectivity index (χ3v) is 12.1. The molecule has 3 aromatic heterocycles. The Hall–Kier alpha value is -3.55. The first-order valence-electron chi connectivity index (χ1n) is 16.2. The van der Waals surface area contributed by atoms with E-state index in [-0.39, 0.29) is 29.2 Å². The third-order valence-electron chi connectivity index (χ3n) is 10.2. The molecule has 1 aromatic carbocycles. The lowest BCUT2D eigenvalue weighted by molar-refractivity contribution is -0.151. The van der Waals surface area contributed by atoms with Gasteiger partial charge in [-0.05, 0) is 86.6 Å². The van der Waals surface area contributed by atoms with Crippen molar-refractivity contribution in [3.05, 3.63) is 82.4 Å². The predicted octanol–water partition coefficient (Wildman–Crippen LogP) is 6.42. The van der Waals surface area contributed by atoms with Gasteiger partial charge in [0.05, 0.1) is 32.3 Å². The van der Waals surface area contributed by atoms with Crippen LogP contribution >= 0.6 is 10.8 Å². The second kappa shape index (κ2) is 11.9. The molecule has 1 unspecified atom stereocenters. The van der Waals surface area contributed by atoms with Crippen molar-refractivity contribution in [1.82, 2.24) is 23.9 Å². The number of aryl methyl sites for hydroxylation is 2. The Morgan fingerprint density at radius 1 is 1.15 bits per heavy atom. The summed E-state index contributed by atoms with van der Waals surface area (Å²) in [5.41, 5.74) is 3.92. The van der Waals surface area contributed by atoms with Crippen molar-refractivity contribution in [3.8, 4) is 5.88 Å². The summed E-state index contributed by atoms with van der Waals surface area (Å²) in [6.45, 7) is 9.46. The predicted molar refractivity (Wildman–Crippen MR) is 178 cm³/mol. The summed E-state index contributed by atoms with van der Waals surface area (Å²) in [4.78, 5) is 18.1. The number of fused-ring (bicyclic) bond motifs is 2. The highest BCUT2D eigenvalue weighted by Crippen LogP contribution is 2.59. The van der Waals surface area contributed by atoms with Crippen molar-refractivity contribution in [2.45, 2.75) is 82.3 Å². The van der Waals surface area contributed by atoms with Crippen LogP contribution in [0, 0.1) is 19.3 Å². The number of ether oxygens (including phenoxy) is 3. The molecule has 1 saturated carbocycles. The molecule has 5 heterocycles. The molecule has 11 nitrogen and oxygen atoms in total. The van der Waals surface area contributed by atoms with Gasteiger partial charge in [0.25, 0.3) is 0 Å². The van der Waals surface area contributed by atoms with E-state index >= 15 is 0 Å². The van der Waals surface area contributed by atoms with Crippen molar-refractivity contribution in [3.63, 3.8) is 0 Å². The zero-order valence-electron chi connectivity index (χ0n) is 27.6. The second-order valence-electron chi connectivity index (χ2n) is 13.8. The zero-order valence-corrected chi connectivity index (χ0v) is 28.4. The zero-order chi connectivity index (χ0) is 33.1. The van der Waals surface area contributed by atoms with E-state index in [0.717, 1.165) is 52.1 Å². The lowest BCUT2D eigenvalue weighted by atomic mass is 9.70. The first-order chi connectivity index (χ1) is 22.4. The van der Waals surface area contributed by atoms with Crippen molar-refractivity contribution < 1.29 is 28.1 Å². The highest BCUT2D eigenvalue weighted by molar-refractivity contribution is 8.22. The number of pyridine rings is 2. The fraction of sp³-hybridized carbons (Fsp3) is 0.486. The molecular formula is C35H43N5O6S. The first kappa shape index (κ1) is 32.0. The Labute approximate surface area is 276 Å².